The van der Waals surface area contributed by atoms with Gasteiger partial charge in [-0.25, -0.2) is 0 Å². The lowest BCUT2D eigenvalue weighted by Gasteiger charge is -2.39. The van der Waals surface area contributed by atoms with Gasteiger partial charge < -0.3 is 39.4 Å². The standard InChI is InChI=1S/C51H94O9/c1-3-5-7-9-11-13-15-17-19-21-22-23-25-27-29-31-33-35-37-39-41-57-43-45(44-58-51-50(56)49(55)48(54)46(42-52)60-51)59-47(53)40-38-36-34-32-30-28-26-24-20-18-16-14-12-10-8-6-4-2/h6,8,12,14,18,20,45-46,48-52,54-56H,3-5,7,9-11,13,15-17,19,21-44H2,1-2H3/b8-6-,14-12-,20-18-. The first-order chi connectivity index (χ1) is 29.4. The Kier molecular flexibility index (Phi) is 40.2. The second-order valence-electron chi connectivity index (χ2n) is 17.2. The second-order valence-corrected chi connectivity index (χ2v) is 17.2. The van der Waals surface area contributed by atoms with E-state index < -0.39 is 43.4 Å². The monoisotopic (exact) mass is 851 g/mol. The summed E-state index contributed by atoms with van der Waals surface area (Å²) < 4.78 is 22.9. The molecule has 1 fully saturated rings. The number of ether oxygens (including phenoxy) is 4. The summed E-state index contributed by atoms with van der Waals surface area (Å²) >= 11 is 0. The molecule has 1 rings (SSSR count). The van der Waals surface area contributed by atoms with Gasteiger partial charge in [0.05, 0.1) is 19.8 Å². The molecular weight excluding hydrogens is 757 g/mol. The molecule has 0 aliphatic carbocycles. The Morgan fingerprint density at radius 2 is 1.02 bits per heavy atom. The summed E-state index contributed by atoms with van der Waals surface area (Å²) in [5.74, 6) is -0.320. The number of rotatable bonds is 43. The van der Waals surface area contributed by atoms with E-state index in [4.69, 9.17) is 18.9 Å². The Balaban J connectivity index is 2.21. The maximum absolute atomic E-state index is 12.8. The topological polar surface area (TPSA) is 135 Å². The van der Waals surface area contributed by atoms with E-state index >= 15 is 0 Å². The average molecular weight is 851 g/mol. The van der Waals surface area contributed by atoms with Gasteiger partial charge in [0.1, 0.15) is 30.5 Å². The van der Waals surface area contributed by atoms with Crippen LogP contribution in [0.15, 0.2) is 36.5 Å². The van der Waals surface area contributed by atoms with E-state index in [-0.39, 0.29) is 19.2 Å². The summed E-state index contributed by atoms with van der Waals surface area (Å²) in [5.41, 5.74) is 0. The minimum absolute atomic E-state index is 0.115. The van der Waals surface area contributed by atoms with E-state index in [1.807, 2.05) is 0 Å². The Hall–Kier alpha value is -1.59. The first-order valence-electron chi connectivity index (χ1n) is 25.1. The fourth-order valence-corrected chi connectivity index (χ4v) is 7.68. The van der Waals surface area contributed by atoms with Crippen LogP contribution >= 0.6 is 0 Å². The molecule has 352 valence electrons. The van der Waals surface area contributed by atoms with Crippen molar-refractivity contribution in [1.82, 2.24) is 0 Å². The van der Waals surface area contributed by atoms with Gasteiger partial charge in [0.2, 0.25) is 0 Å². The van der Waals surface area contributed by atoms with E-state index in [1.165, 1.54) is 135 Å². The lowest BCUT2D eigenvalue weighted by atomic mass is 9.99. The highest BCUT2D eigenvalue weighted by Gasteiger charge is 2.44. The van der Waals surface area contributed by atoms with Gasteiger partial charge in [-0.2, -0.15) is 0 Å². The molecule has 9 nitrogen and oxygen atoms in total. The number of unbranched alkanes of at least 4 members (excludes halogenated alkanes) is 26. The summed E-state index contributed by atoms with van der Waals surface area (Å²) in [6, 6.07) is 0. The molecule has 0 aromatic rings. The summed E-state index contributed by atoms with van der Waals surface area (Å²) in [7, 11) is 0. The lowest BCUT2D eigenvalue weighted by Crippen LogP contribution is -2.59. The van der Waals surface area contributed by atoms with Gasteiger partial charge in [-0.1, -0.05) is 204 Å². The van der Waals surface area contributed by atoms with Crippen molar-refractivity contribution in [3.05, 3.63) is 36.5 Å². The van der Waals surface area contributed by atoms with Crippen molar-refractivity contribution in [1.29, 1.82) is 0 Å². The van der Waals surface area contributed by atoms with Crippen molar-refractivity contribution < 1.29 is 44.2 Å². The lowest BCUT2D eigenvalue weighted by molar-refractivity contribution is -0.305. The number of hydrogen-bond donors (Lipinski definition) is 4. The van der Waals surface area contributed by atoms with Gasteiger partial charge in [-0.05, 0) is 44.9 Å². The van der Waals surface area contributed by atoms with Crippen LogP contribution in [0.2, 0.25) is 0 Å². The largest absolute Gasteiger partial charge is 0.457 e. The van der Waals surface area contributed by atoms with Gasteiger partial charge in [0.15, 0.2) is 6.29 Å². The highest BCUT2D eigenvalue weighted by molar-refractivity contribution is 5.69. The molecule has 6 atom stereocenters. The first kappa shape index (κ1) is 56.4. The number of allylic oxidation sites excluding steroid dienone is 6. The predicted molar refractivity (Wildman–Crippen MR) is 247 cm³/mol. The maximum Gasteiger partial charge on any atom is 0.306 e. The molecular formula is C51H94O9. The quantitative estimate of drug-likeness (QED) is 0.0269. The number of aliphatic hydroxyl groups is 4. The molecule has 0 saturated carbocycles. The number of carbonyl (C=O) groups is 1. The van der Waals surface area contributed by atoms with Crippen LogP contribution in [0, 0.1) is 0 Å². The molecule has 0 spiro atoms. The zero-order valence-corrected chi connectivity index (χ0v) is 38.7. The van der Waals surface area contributed by atoms with Crippen LogP contribution in [0.5, 0.6) is 0 Å². The Labute approximate surface area is 368 Å². The molecule has 0 radical (unpaired) electrons. The summed E-state index contributed by atoms with van der Waals surface area (Å²) in [6.07, 6.45) is 44.6. The average Bonchev–Trinajstić information content (AvgIpc) is 3.25. The Morgan fingerprint density at radius 3 is 1.53 bits per heavy atom. The van der Waals surface area contributed by atoms with Gasteiger partial charge in [0, 0.05) is 13.0 Å². The molecule has 1 aliphatic heterocycles. The number of aliphatic hydroxyl groups excluding tert-OH is 4. The van der Waals surface area contributed by atoms with Crippen LogP contribution in [0.25, 0.3) is 0 Å². The van der Waals surface area contributed by atoms with Crippen molar-refractivity contribution in [3.8, 4) is 0 Å². The first-order valence-corrected chi connectivity index (χ1v) is 25.1. The van der Waals surface area contributed by atoms with Crippen molar-refractivity contribution in [2.45, 2.75) is 256 Å². The molecule has 0 bridgehead atoms. The third-order valence-electron chi connectivity index (χ3n) is 11.6. The third-order valence-corrected chi connectivity index (χ3v) is 11.6. The highest BCUT2D eigenvalue weighted by Crippen LogP contribution is 2.23. The maximum atomic E-state index is 12.8. The molecule has 0 aromatic heterocycles. The third kappa shape index (κ3) is 33.0. The van der Waals surface area contributed by atoms with Crippen molar-refractivity contribution >= 4 is 5.97 Å². The van der Waals surface area contributed by atoms with Crippen LogP contribution in [0.1, 0.15) is 219 Å². The highest BCUT2D eigenvalue weighted by atomic mass is 16.7. The van der Waals surface area contributed by atoms with Crippen molar-refractivity contribution in [2.75, 3.05) is 26.4 Å². The fraction of sp³-hybridized carbons (Fsp3) is 0.863. The summed E-state index contributed by atoms with van der Waals surface area (Å²) in [6.45, 7) is 4.47. The summed E-state index contributed by atoms with van der Waals surface area (Å²) in [5, 5.41) is 40.2. The molecule has 1 aliphatic rings. The smallest absolute Gasteiger partial charge is 0.306 e. The van der Waals surface area contributed by atoms with Gasteiger partial charge in [-0.3, -0.25) is 4.79 Å². The molecule has 1 heterocycles. The van der Waals surface area contributed by atoms with E-state index in [2.05, 4.69) is 50.3 Å². The van der Waals surface area contributed by atoms with E-state index in [0.717, 1.165) is 64.2 Å². The Bertz CT molecular complexity index is 1010. The zero-order chi connectivity index (χ0) is 43.6. The van der Waals surface area contributed by atoms with Crippen LogP contribution < -0.4 is 0 Å². The van der Waals surface area contributed by atoms with E-state index in [1.54, 1.807) is 0 Å². The van der Waals surface area contributed by atoms with E-state index in [9.17, 15) is 25.2 Å². The van der Waals surface area contributed by atoms with E-state index in [0.29, 0.717) is 13.0 Å². The second kappa shape index (κ2) is 42.7. The van der Waals surface area contributed by atoms with Crippen molar-refractivity contribution in [3.63, 3.8) is 0 Å². The molecule has 6 unspecified atom stereocenters. The zero-order valence-electron chi connectivity index (χ0n) is 38.7. The van der Waals surface area contributed by atoms with Crippen LogP contribution in [0.3, 0.4) is 0 Å². The minimum atomic E-state index is -1.54. The number of esters is 1. The Morgan fingerprint density at radius 1 is 0.550 bits per heavy atom. The molecule has 9 heteroatoms. The van der Waals surface area contributed by atoms with Gasteiger partial charge in [0.25, 0.3) is 0 Å². The molecule has 0 aromatic carbocycles. The summed E-state index contributed by atoms with van der Waals surface area (Å²) in [4.78, 5) is 12.8. The van der Waals surface area contributed by atoms with Crippen LogP contribution in [-0.4, -0.2) is 89.6 Å². The number of hydrogen-bond acceptors (Lipinski definition) is 9. The van der Waals surface area contributed by atoms with Crippen LogP contribution in [-0.2, 0) is 23.7 Å². The SMILES string of the molecule is CC/C=C\C/C=C\C/C=C\CCCCCCCCCC(=O)OC(COCCCCCCCCCCCCCCCCCCCCCC)COC1OC(CO)C(O)C(O)C1O. The minimum Gasteiger partial charge on any atom is -0.457 e. The molecule has 1 saturated heterocycles. The number of carbonyl (C=O) groups excluding carboxylic acids is 1. The molecule has 60 heavy (non-hydrogen) atoms. The normalized spacial score (nSPS) is 20.3. The molecule has 0 amide bonds. The predicted octanol–water partition coefficient (Wildman–Crippen LogP) is 11.9. The van der Waals surface area contributed by atoms with Gasteiger partial charge >= 0.3 is 5.97 Å². The van der Waals surface area contributed by atoms with Crippen molar-refractivity contribution in [2.24, 2.45) is 0 Å². The van der Waals surface area contributed by atoms with Gasteiger partial charge in [-0.15, -0.1) is 0 Å². The molecule has 4 N–H and O–H groups in total. The fourth-order valence-electron chi connectivity index (χ4n) is 7.68. The van der Waals surface area contributed by atoms with Crippen LogP contribution in [0.4, 0.5) is 0 Å².